The predicted octanol–water partition coefficient (Wildman–Crippen LogP) is 5.31. The maximum absolute atomic E-state index is 13.1. The Labute approximate surface area is 228 Å². The molecular formula is C29H25ClN2O5S. The molecule has 2 aromatic heterocycles. The number of nitrogens with zero attached hydrogens (tertiary/aromatic N) is 2. The lowest BCUT2D eigenvalue weighted by Crippen LogP contribution is -2.22. The van der Waals surface area contributed by atoms with Crippen molar-refractivity contribution in [2.45, 2.75) is 6.42 Å². The van der Waals surface area contributed by atoms with E-state index >= 15 is 0 Å². The van der Waals surface area contributed by atoms with Crippen LogP contribution in [0.3, 0.4) is 0 Å². The fraction of sp³-hybridized carbons (Fsp3) is 0.172. The molecule has 3 aromatic carbocycles. The van der Waals surface area contributed by atoms with Crippen LogP contribution in [0.25, 0.3) is 22.1 Å². The summed E-state index contributed by atoms with van der Waals surface area (Å²) in [4.78, 5) is 18.3. The molecule has 0 saturated heterocycles. The summed E-state index contributed by atoms with van der Waals surface area (Å²) in [6.07, 6.45) is 4.36. The van der Waals surface area contributed by atoms with Crippen molar-refractivity contribution >= 4 is 45.0 Å². The highest BCUT2D eigenvalue weighted by atomic mass is 35.5. The first-order chi connectivity index (χ1) is 18.5. The third kappa shape index (κ3) is 5.05. The van der Waals surface area contributed by atoms with Crippen molar-refractivity contribution in [3.05, 3.63) is 98.3 Å². The number of allylic oxidation sites excluding steroid dienone is 1. The molecule has 0 atom stereocenters. The molecule has 0 aliphatic rings. The fourth-order valence-electron chi connectivity index (χ4n) is 4.15. The van der Waals surface area contributed by atoms with Crippen LogP contribution in [0, 0.1) is 0 Å². The van der Waals surface area contributed by atoms with Gasteiger partial charge in [-0.2, -0.15) is 0 Å². The monoisotopic (exact) mass is 548 g/mol. The molecule has 2 heterocycles. The van der Waals surface area contributed by atoms with Gasteiger partial charge in [-0.15, -0.1) is 6.58 Å². The molecule has 0 saturated carbocycles. The summed E-state index contributed by atoms with van der Waals surface area (Å²) < 4.78 is 24.9. The SMILES string of the molecule is C=CCc1ccc(OCCOc2c(Cl)cc(/C=c3\sc4nc5ccccc5n4c3=O)cc2OC)c(OC)c1. The summed E-state index contributed by atoms with van der Waals surface area (Å²) in [6, 6.07) is 16.8. The Morgan fingerprint density at radius 1 is 1.00 bits per heavy atom. The number of halogens is 1. The molecule has 0 aliphatic carbocycles. The number of methoxy groups -OCH3 is 2. The molecule has 0 N–H and O–H groups in total. The van der Waals surface area contributed by atoms with Crippen LogP contribution >= 0.6 is 22.9 Å². The third-order valence-electron chi connectivity index (χ3n) is 5.89. The minimum atomic E-state index is -0.126. The highest BCUT2D eigenvalue weighted by molar-refractivity contribution is 7.15. The van der Waals surface area contributed by atoms with E-state index in [0.717, 1.165) is 23.0 Å². The van der Waals surface area contributed by atoms with Crippen LogP contribution in [-0.2, 0) is 6.42 Å². The molecule has 0 fully saturated rings. The normalized spacial score (nSPS) is 11.7. The molecule has 0 unspecified atom stereocenters. The summed E-state index contributed by atoms with van der Waals surface area (Å²) >= 11 is 7.89. The lowest BCUT2D eigenvalue weighted by Gasteiger charge is -2.15. The van der Waals surface area contributed by atoms with Gasteiger partial charge in [-0.05, 0) is 60.0 Å². The van der Waals surface area contributed by atoms with Crippen LogP contribution in [0.4, 0.5) is 0 Å². The second kappa shape index (κ2) is 11.2. The number of aromatic nitrogens is 2. The van der Waals surface area contributed by atoms with E-state index in [9.17, 15) is 4.79 Å². The van der Waals surface area contributed by atoms with Gasteiger partial charge in [0.05, 0.1) is 34.8 Å². The highest BCUT2D eigenvalue weighted by Crippen LogP contribution is 2.37. The average Bonchev–Trinajstić information content (AvgIpc) is 3.43. The largest absolute Gasteiger partial charge is 0.493 e. The quantitative estimate of drug-likeness (QED) is 0.174. The Bertz CT molecular complexity index is 1740. The van der Waals surface area contributed by atoms with Crippen molar-refractivity contribution in [2.75, 3.05) is 27.4 Å². The molecule has 0 aliphatic heterocycles. The molecule has 7 nitrogen and oxygen atoms in total. The van der Waals surface area contributed by atoms with Crippen molar-refractivity contribution < 1.29 is 18.9 Å². The number of fused-ring (bicyclic) bond motifs is 3. The summed E-state index contributed by atoms with van der Waals surface area (Å²) in [6.45, 7) is 4.27. The zero-order valence-electron chi connectivity index (χ0n) is 20.9. The number of imidazole rings is 1. The van der Waals surface area contributed by atoms with E-state index in [4.69, 9.17) is 30.5 Å². The van der Waals surface area contributed by atoms with Crippen LogP contribution in [0.5, 0.6) is 23.0 Å². The second-order valence-electron chi connectivity index (χ2n) is 8.34. The van der Waals surface area contributed by atoms with Gasteiger partial charge >= 0.3 is 0 Å². The van der Waals surface area contributed by atoms with Crippen molar-refractivity contribution in [1.82, 2.24) is 9.38 Å². The van der Waals surface area contributed by atoms with Crippen molar-refractivity contribution in [2.24, 2.45) is 0 Å². The van der Waals surface area contributed by atoms with Crippen LogP contribution in [-0.4, -0.2) is 36.8 Å². The number of ether oxygens (including phenoxy) is 4. The molecule has 0 spiro atoms. The average molecular weight is 549 g/mol. The molecule has 5 aromatic rings. The molecule has 0 radical (unpaired) electrons. The lowest BCUT2D eigenvalue weighted by molar-refractivity contribution is 0.206. The molecule has 194 valence electrons. The fourth-order valence-corrected chi connectivity index (χ4v) is 5.41. The van der Waals surface area contributed by atoms with Crippen molar-refractivity contribution in [3.8, 4) is 23.0 Å². The van der Waals surface area contributed by atoms with E-state index in [1.807, 2.05) is 48.5 Å². The maximum atomic E-state index is 13.1. The number of benzene rings is 3. The molecule has 9 heteroatoms. The Morgan fingerprint density at radius 2 is 1.79 bits per heavy atom. The molecular weight excluding hydrogens is 524 g/mol. The highest BCUT2D eigenvalue weighted by Gasteiger charge is 2.14. The van der Waals surface area contributed by atoms with Crippen molar-refractivity contribution in [3.63, 3.8) is 0 Å². The topological polar surface area (TPSA) is 71.3 Å². The molecule has 38 heavy (non-hydrogen) atoms. The minimum absolute atomic E-state index is 0.126. The van der Waals surface area contributed by atoms with Gasteiger partial charge < -0.3 is 18.9 Å². The zero-order chi connectivity index (χ0) is 26.6. The van der Waals surface area contributed by atoms with Crippen LogP contribution in [0.15, 0.2) is 72.0 Å². The van der Waals surface area contributed by atoms with E-state index in [2.05, 4.69) is 11.6 Å². The standard InChI is InChI=1S/C29H25ClN2O5S/c1-4-7-18-10-11-23(24(15-18)34-2)36-12-13-37-27-20(30)14-19(16-25(27)35-3)17-26-28(33)32-22-9-6-5-8-21(22)31-29(32)38-26/h4-6,8-11,14-17H,1,7,12-13H2,2-3H3/b26-17-. The Morgan fingerprint density at radius 3 is 2.58 bits per heavy atom. The summed E-state index contributed by atoms with van der Waals surface area (Å²) in [5.41, 5.74) is 3.25. The number of hydrogen-bond acceptors (Lipinski definition) is 7. The van der Waals surface area contributed by atoms with Gasteiger partial charge in [0.2, 0.25) is 0 Å². The smallest absolute Gasteiger partial charge is 0.274 e. The summed E-state index contributed by atoms with van der Waals surface area (Å²) in [5.74, 6) is 2.12. The summed E-state index contributed by atoms with van der Waals surface area (Å²) in [5, 5.41) is 0.362. The number of para-hydroxylation sites is 2. The maximum Gasteiger partial charge on any atom is 0.274 e. The van der Waals surface area contributed by atoms with Gasteiger partial charge in [0, 0.05) is 0 Å². The zero-order valence-corrected chi connectivity index (χ0v) is 22.5. The number of hydrogen-bond donors (Lipinski definition) is 0. The Hall–Kier alpha value is -4.01. The first kappa shape index (κ1) is 25.6. The van der Waals surface area contributed by atoms with Crippen LogP contribution in [0.1, 0.15) is 11.1 Å². The van der Waals surface area contributed by atoms with Gasteiger partial charge in [-0.25, -0.2) is 9.38 Å². The molecule has 0 bridgehead atoms. The van der Waals surface area contributed by atoms with E-state index in [1.165, 1.54) is 11.3 Å². The van der Waals surface area contributed by atoms with Crippen LogP contribution < -0.4 is 29.0 Å². The second-order valence-corrected chi connectivity index (χ2v) is 9.76. The van der Waals surface area contributed by atoms with Gasteiger partial charge in [0.15, 0.2) is 28.0 Å². The Balaban J connectivity index is 1.33. The van der Waals surface area contributed by atoms with Gasteiger partial charge in [0.1, 0.15) is 13.2 Å². The number of thiazole rings is 1. The van der Waals surface area contributed by atoms with E-state index in [1.54, 1.807) is 36.8 Å². The van der Waals surface area contributed by atoms with Crippen molar-refractivity contribution in [1.29, 1.82) is 0 Å². The van der Waals surface area contributed by atoms with Gasteiger partial charge in [-0.3, -0.25) is 4.79 Å². The third-order valence-corrected chi connectivity index (χ3v) is 7.14. The molecule has 5 rings (SSSR count). The number of rotatable bonds is 10. The minimum Gasteiger partial charge on any atom is -0.493 e. The van der Waals surface area contributed by atoms with Crippen LogP contribution in [0.2, 0.25) is 5.02 Å². The first-order valence-corrected chi connectivity index (χ1v) is 13.0. The Kier molecular flexibility index (Phi) is 7.53. The van der Waals surface area contributed by atoms with Gasteiger partial charge in [-0.1, -0.05) is 47.2 Å². The molecule has 0 amide bonds. The summed E-state index contributed by atoms with van der Waals surface area (Å²) in [7, 11) is 3.14. The lowest BCUT2D eigenvalue weighted by atomic mass is 10.1. The van der Waals surface area contributed by atoms with E-state index < -0.39 is 0 Å². The van der Waals surface area contributed by atoms with E-state index in [0.29, 0.717) is 43.1 Å². The van der Waals surface area contributed by atoms with Gasteiger partial charge in [0.25, 0.3) is 5.56 Å². The van der Waals surface area contributed by atoms with E-state index in [-0.39, 0.29) is 18.8 Å². The predicted molar refractivity (Wildman–Crippen MR) is 152 cm³/mol. The first-order valence-electron chi connectivity index (χ1n) is 11.8.